The van der Waals surface area contributed by atoms with E-state index in [1.54, 1.807) is 0 Å². The van der Waals surface area contributed by atoms with E-state index in [1.165, 1.54) is 0 Å². The third-order valence-corrected chi connectivity index (χ3v) is 3.76. The number of rotatable bonds is 8. The van der Waals surface area contributed by atoms with Crippen LogP contribution < -0.4 is 5.32 Å². The summed E-state index contributed by atoms with van der Waals surface area (Å²) in [5.41, 5.74) is -0.858. The summed E-state index contributed by atoms with van der Waals surface area (Å²) >= 11 is 0. The summed E-state index contributed by atoms with van der Waals surface area (Å²) in [7, 11) is 0. The van der Waals surface area contributed by atoms with Crippen LogP contribution in [0, 0.1) is 0 Å². The maximum atomic E-state index is 10.1. The van der Waals surface area contributed by atoms with Crippen LogP contribution in [0.4, 0.5) is 0 Å². The van der Waals surface area contributed by atoms with Crippen molar-refractivity contribution < 1.29 is 10.2 Å². The van der Waals surface area contributed by atoms with Crippen molar-refractivity contribution in [1.29, 1.82) is 0 Å². The summed E-state index contributed by atoms with van der Waals surface area (Å²) in [6.07, 6.45) is 3.24. The first-order chi connectivity index (χ1) is 7.01. The normalized spacial score (nSPS) is 13.2. The molecule has 3 heteroatoms. The second-order valence-electron chi connectivity index (χ2n) is 4.43. The fourth-order valence-corrected chi connectivity index (χ4v) is 1.63. The molecule has 0 aromatic carbocycles. The molecule has 0 saturated heterocycles. The summed E-state index contributed by atoms with van der Waals surface area (Å²) < 4.78 is 0. The van der Waals surface area contributed by atoms with Gasteiger partial charge < -0.3 is 15.5 Å². The van der Waals surface area contributed by atoms with E-state index >= 15 is 0 Å². The van der Waals surface area contributed by atoms with Gasteiger partial charge in [-0.3, -0.25) is 0 Å². The first kappa shape index (κ1) is 14.9. The fraction of sp³-hybridized carbons (Fsp3) is 1.00. The van der Waals surface area contributed by atoms with Crippen molar-refractivity contribution in [2.45, 2.75) is 64.5 Å². The molecule has 0 spiro atoms. The Balaban J connectivity index is 4.32. The van der Waals surface area contributed by atoms with Crippen molar-refractivity contribution in [2.24, 2.45) is 0 Å². The van der Waals surface area contributed by atoms with Crippen molar-refractivity contribution in [3.63, 3.8) is 0 Å². The van der Waals surface area contributed by atoms with E-state index in [0.29, 0.717) is 6.54 Å². The molecule has 0 aromatic heterocycles. The highest BCUT2D eigenvalue weighted by molar-refractivity contribution is 4.89. The molecule has 0 fully saturated rings. The van der Waals surface area contributed by atoms with Crippen LogP contribution in [0.3, 0.4) is 0 Å². The van der Waals surface area contributed by atoms with Gasteiger partial charge in [0.05, 0.1) is 12.2 Å². The SMILES string of the molecule is CCC(O)(CC)CNC(CC)(CC)CO. The molecular weight excluding hydrogens is 190 g/mol. The molecule has 0 saturated carbocycles. The van der Waals surface area contributed by atoms with Crippen LogP contribution in [-0.4, -0.2) is 34.5 Å². The third kappa shape index (κ3) is 4.09. The number of hydrogen-bond donors (Lipinski definition) is 3. The zero-order valence-electron chi connectivity index (χ0n) is 10.6. The van der Waals surface area contributed by atoms with Crippen molar-refractivity contribution in [3.05, 3.63) is 0 Å². The zero-order chi connectivity index (χ0) is 11.9. The maximum absolute atomic E-state index is 10.1. The first-order valence-corrected chi connectivity index (χ1v) is 6.09. The molecule has 92 valence electrons. The van der Waals surface area contributed by atoms with Gasteiger partial charge in [0.15, 0.2) is 0 Å². The summed E-state index contributed by atoms with van der Waals surface area (Å²) in [6, 6.07) is 0. The molecule has 3 nitrogen and oxygen atoms in total. The molecule has 0 aromatic rings. The standard InChI is InChI=1S/C12H27NO2/c1-5-11(6-2,10-14)13-9-12(15,7-3)8-4/h13-15H,5-10H2,1-4H3. The van der Waals surface area contributed by atoms with E-state index in [-0.39, 0.29) is 12.1 Å². The van der Waals surface area contributed by atoms with Crippen molar-refractivity contribution in [1.82, 2.24) is 5.32 Å². The molecule has 0 amide bonds. The topological polar surface area (TPSA) is 52.5 Å². The average Bonchev–Trinajstić information content (AvgIpc) is 2.31. The molecule has 0 rings (SSSR count). The number of aliphatic hydroxyl groups is 2. The third-order valence-electron chi connectivity index (χ3n) is 3.76. The van der Waals surface area contributed by atoms with Crippen LogP contribution in [0.15, 0.2) is 0 Å². The van der Waals surface area contributed by atoms with E-state index in [0.717, 1.165) is 25.7 Å². The Labute approximate surface area is 93.9 Å². The molecule has 0 radical (unpaired) electrons. The first-order valence-electron chi connectivity index (χ1n) is 6.09. The van der Waals surface area contributed by atoms with Crippen LogP contribution in [0.1, 0.15) is 53.4 Å². The lowest BCUT2D eigenvalue weighted by Gasteiger charge is -2.35. The van der Waals surface area contributed by atoms with Gasteiger partial charge >= 0.3 is 0 Å². The molecule has 15 heavy (non-hydrogen) atoms. The van der Waals surface area contributed by atoms with E-state index in [2.05, 4.69) is 19.2 Å². The van der Waals surface area contributed by atoms with Gasteiger partial charge in [-0.15, -0.1) is 0 Å². The van der Waals surface area contributed by atoms with Gasteiger partial charge in [0, 0.05) is 12.1 Å². The number of hydrogen-bond acceptors (Lipinski definition) is 3. The lowest BCUT2D eigenvalue weighted by Crippen LogP contribution is -2.53. The minimum Gasteiger partial charge on any atom is -0.394 e. The highest BCUT2D eigenvalue weighted by Crippen LogP contribution is 2.18. The second-order valence-corrected chi connectivity index (χ2v) is 4.43. The Bertz CT molecular complexity index is 155. The van der Waals surface area contributed by atoms with Gasteiger partial charge in [-0.2, -0.15) is 0 Å². The van der Waals surface area contributed by atoms with Crippen LogP contribution in [-0.2, 0) is 0 Å². The molecule has 0 aliphatic rings. The minimum absolute atomic E-state index is 0.128. The fourth-order valence-electron chi connectivity index (χ4n) is 1.63. The molecule has 0 heterocycles. The summed E-state index contributed by atoms with van der Waals surface area (Å²) in [5.74, 6) is 0. The highest BCUT2D eigenvalue weighted by Gasteiger charge is 2.29. The minimum atomic E-state index is -0.634. The summed E-state index contributed by atoms with van der Waals surface area (Å²) in [6.45, 7) is 8.78. The summed E-state index contributed by atoms with van der Waals surface area (Å²) in [5, 5.41) is 22.8. The van der Waals surface area contributed by atoms with E-state index in [9.17, 15) is 10.2 Å². The lowest BCUT2D eigenvalue weighted by atomic mass is 9.90. The molecule has 3 N–H and O–H groups in total. The maximum Gasteiger partial charge on any atom is 0.0766 e. The van der Waals surface area contributed by atoms with Crippen LogP contribution >= 0.6 is 0 Å². The van der Waals surface area contributed by atoms with Gasteiger partial charge in [0.1, 0.15) is 0 Å². The van der Waals surface area contributed by atoms with E-state index in [4.69, 9.17) is 0 Å². The second kappa shape index (κ2) is 6.46. The molecule has 0 aliphatic heterocycles. The Morgan fingerprint density at radius 2 is 1.40 bits per heavy atom. The molecule has 0 unspecified atom stereocenters. The number of β-amino-alcohol motifs (C(OH)–C–C–N with tert-alkyl or cyclic N) is 1. The zero-order valence-corrected chi connectivity index (χ0v) is 10.6. The Hall–Kier alpha value is -0.120. The van der Waals surface area contributed by atoms with Gasteiger partial charge in [-0.1, -0.05) is 27.7 Å². The van der Waals surface area contributed by atoms with Crippen LogP contribution in [0.25, 0.3) is 0 Å². The predicted octanol–water partition coefficient (Wildman–Crippen LogP) is 1.68. The van der Waals surface area contributed by atoms with Crippen LogP contribution in [0.2, 0.25) is 0 Å². The smallest absolute Gasteiger partial charge is 0.0766 e. The van der Waals surface area contributed by atoms with Gasteiger partial charge in [0.25, 0.3) is 0 Å². The monoisotopic (exact) mass is 217 g/mol. The lowest BCUT2D eigenvalue weighted by molar-refractivity contribution is 0.0171. The number of aliphatic hydroxyl groups excluding tert-OH is 1. The Morgan fingerprint density at radius 1 is 0.933 bits per heavy atom. The van der Waals surface area contributed by atoms with Crippen LogP contribution in [0.5, 0.6) is 0 Å². The summed E-state index contributed by atoms with van der Waals surface area (Å²) in [4.78, 5) is 0. The quantitative estimate of drug-likeness (QED) is 0.580. The largest absolute Gasteiger partial charge is 0.394 e. The van der Waals surface area contributed by atoms with Gasteiger partial charge in [-0.05, 0) is 25.7 Å². The van der Waals surface area contributed by atoms with Gasteiger partial charge in [0.2, 0.25) is 0 Å². The Kier molecular flexibility index (Phi) is 6.41. The van der Waals surface area contributed by atoms with E-state index < -0.39 is 5.60 Å². The van der Waals surface area contributed by atoms with Crippen molar-refractivity contribution >= 4 is 0 Å². The molecule has 0 aliphatic carbocycles. The van der Waals surface area contributed by atoms with Crippen molar-refractivity contribution in [3.8, 4) is 0 Å². The predicted molar refractivity (Wildman–Crippen MR) is 63.9 cm³/mol. The van der Waals surface area contributed by atoms with Crippen molar-refractivity contribution in [2.75, 3.05) is 13.2 Å². The molecule has 0 atom stereocenters. The molecule has 0 bridgehead atoms. The highest BCUT2D eigenvalue weighted by atomic mass is 16.3. The van der Waals surface area contributed by atoms with E-state index in [1.807, 2.05) is 13.8 Å². The number of nitrogens with one attached hydrogen (secondary N) is 1. The Morgan fingerprint density at radius 3 is 1.67 bits per heavy atom. The van der Waals surface area contributed by atoms with Gasteiger partial charge in [-0.25, -0.2) is 0 Å². The molecular formula is C12H27NO2. The average molecular weight is 217 g/mol.